The molecule has 0 aliphatic carbocycles. The highest BCUT2D eigenvalue weighted by Crippen LogP contribution is 2.11. The molecule has 1 unspecified atom stereocenters. The highest BCUT2D eigenvalue weighted by atomic mass is 32.2. The first kappa shape index (κ1) is 14.1. The molecule has 0 bridgehead atoms. The quantitative estimate of drug-likeness (QED) is 0.777. The second-order valence-corrected chi connectivity index (χ2v) is 5.65. The van der Waals surface area contributed by atoms with E-state index >= 15 is 0 Å². The Hall–Kier alpha value is -1.00. The molecular formula is C13H18O3S. The second kappa shape index (κ2) is 6.67. The topological polar surface area (TPSA) is 43.4 Å². The Bertz CT molecular complexity index is 406. The summed E-state index contributed by atoms with van der Waals surface area (Å²) >= 11 is 0. The van der Waals surface area contributed by atoms with Crippen molar-refractivity contribution in [3.63, 3.8) is 0 Å². The van der Waals surface area contributed by atoms with Gasteiger partial charge in [0.05, 0.1) is 5.75 Å². The summed E-state index contributed by atoms with van der Waals surface area (Å²) in [6.07, 6.45) is 0. The van der Waals surface area contributed by atoms with Crippen molar-refractivity contribution in [2.24, 2.45) is 0 Å². The Morgan fingerprint density at radius 3 is 2.35 bits per heavy atom. The van der Waals surface area contributed by atoms with E-state index in [1.807, 2.05) is 26.0 Å². The highest BCUT2D eigenvalue weighted by Gasteiger charge is 2.09. The smallest absolute Gasteiger partial charge is 0.170 e. The molecule has 4 heteroatoms. The first-order valence-corrected chi connectivity index (χ1v) is 6.93. The molecule has 17 heavy (non-hydrogen) atoms. The summed E-state index contributed by atoms with van der Waals surface area (Å²) in [4.78, 5) is 11.3. The van der Waals surface area contributed by atoms with Crippen molar-refractivity contribution in [2.75, 3.05) is 19.5 Å². The summed E-state index contributed by atoms with van der Waals surface area (Å²) in [5.41, 5.74) is 3.33. The van der Waals surface area contributed by atoms with Crippen LogP contribution in [0.2, 0.25) is 0 Å². The number of methoxy groups -OCH3 is 1. The minimum Gasteiger partial charge on any atom is -0.377 e. The summed E-state index contributed by atoms with van der Waals surface area (Å²) in [5, 5.41) is 0. The van der Waals surface area contributed by atoms with Gasteiger partial charge in [0.25, 0.3) is 0 Å². The van der Waals surface area contributed by atoms with Crippen LogP contribution >= 0.6 is 0 Å². The predicted octanol–water partition coefficient (Wildman–Crippen LogP) is 1.77. The number of Topliss-reactive ketones (excluding diaryl/α,β-unsaturated/α-hetero) is 1. The fourth-order valence-electron chi connectivity index (χ4n) is 1.77. The van der Waals surface area contributed by atoms with Crippen LogP contribution in [0.25, 0.3) is 0 Å². The van der Waals surface area contributed by atoms with Crippen LogP contribution in [0.5, 0.6) is 0 Å². The molecule has 0 saturated carbocycles. The van der Waals surface area contributed by atoms with Gasteiger partial charge in [0, 0.05) is 23.7 Å². The monoisotopic (exact) mass is 254 g/mol. The van der Waals surface area contributed by atoms with Crippen molar-refractivity contribution in [3.8, 4) is 0 Å². The van der Waals surface area contributed by atoms with E-state index in [2.05, 4.69) is 6.07 Å². The maximum absolute atomic E-state index is 11.8. The Balaban J connectivity index is 2.59. The first-order valence-electron chi connectivity index (χ1n) is 5.44. The zero-order chi connectivity index (χ0) is 12.8. The number of aryl methyl sites for hydroxylation is 2. The van der Waals surface area contributed by atoms with Gasteiger partial charge in [-0.2, -0.15) is 0 Å². The third kappa shape index (κ3) is 5.24. The molecule has 0 spiro atoms. The van der Waals surface area contributed by atoms with Gasteiger partial charge in [-0.05, 0) is 19.4 Å². The molecule has 0 fully saturated rings. The predicted molar refractivity (Wildman–Crippen MR) is 69.5 cm³/mol. The third-order valence-electron chi connectivity index (χ3n) is 2.24. The fraction of sp³-hybridized carbons (Fsp3) is 0.462. The standard InChI is InChI=1S/C13H18O3S/c1-10-4-11(2)6-12(5-10)8-17(15)9-13(14)7-16-3/h4-6H,7-9H2,1-3H3. The van der Waals surface area contributed by atoms with Gasteiger partial charge in [0.1, 0.15) is 6.61 Å². The summed E-state index contributed by atoms with van der Waals surface area (Å²) in [7, 11) is 0.314. The number of benzene rings is 1. The van der Waals surface area contributed by atoms with E-state index in [0.29, 0.717) is 5.75 Å². The van der Waals surface area contributed by atoms with E-state index in [4.69, 9.17) is 4.74 Å². The molecule has 0 radical (unpaired) electrons. The SMILES string of the molecule is COCC(=O)CS(=O)Cc1cc(C)cc(C)c1. The van der Waals surface area contributed by atoms with Crippen molar-refractivity contribution >= 4 is 16.6 Å². The van der Waals surface area contributed by atoms with Gasteiger partial charge in [-0.15, -0.1) is 0 Å². The van der Waals surface area contributed by atoms with E-state index < -0.39 is 10.8 Å². The van der Waals surface area contributed by atoms with Crippen LogP contribution in [0, 0.1) is 13.8 Å². The van der Waals surface area contributed by atoms with E-state index in [1.165, 1.54) is 7.11 Å². The molecular weight excluding hydrogens is 236 g/mol. The Labute approximate surface area is 105 Å². The Morgan fingerprint density at radius 2 is 1.82 bits per heavy atom. The lowest BCUT2D eigenvalue weighted by Crippen LogP contribution is -2.16. The molecule has 0 aromatic heterocycles. The van der Waals surface area contributed by atoms with E-state index in [0.717, 1.165) is 16.7 Å². The number of hydrogen-bond donors (Lipinski definition) is 0. The van der Waals surface area contributed by atoms with Crippen LogP contribution in [0.4, 0.5) is 0 Å². The lowest BCUT2D eigenvalue weighted by atomic mass is 10.1. The van der Waals surface area contributed by atoms with Gasteiger partial charge >= 0.3 is 0 Å². The summed E-state index contributed by atoms with van der Waals surface area (Å²) in [6, 6.07) is 6.08. The minimum absolute atomic E-state index is 0.0403. The van der Waals surface area contributed by atoms with Crippen LogP contribution in [0.3, 0.4) is 0 Å². The zero-order valence-corrected chi connectivity index (χ0v) is 11.3. The summed E-state index contributed by atoms with van der Waals surface area (Å²) in [6.45, 7) is 4.06. The average Bonchev–Trinajstić information content (AvgIpc) is 2.14. The number of ether oxygens (including phenoxy) is 1. The van der Waals surface area contributed by atoms with Gasteiger partial charge < -0.3 is 4.74 Å². The molecule has 94 valence electrons. The van der Waals surface area contributed by atoms with E-state index in [9.17, 15) is 9.00 Å². The summed E-state index contributed by atoms with van der Waals surface area (Å²) < 4.78 is 16.5. The van der Waals surface area contributed by atoms with E-state index in [-0.39, 0.29) is 18.1 Å². The van der Waals surface area contributed by atoms with Crippen molar-refractivity contribution in [3.05, 3.63) is 34.9 Å². The molecule has 0 heterocycles. The van der Waals surface area contributed by atoms with Gasteiger partial charge in [0.2, 0.25) is 0 Å². The fourth-order valence-corrected chi connectivity index (χ4v) is 2.85. The molecule has 0 N–H and O–H groups in total. The molecule has 1 atom stereocenters. The van der Waals surface area contributed by atoms with Crippen LogP contribution in [0.15, 0.2) is 18.2 Å². The maximum Gasteiger partial charge on any atom is 0.170 e. The third-order valence-corrected chi connectivity index (χ3v) is 3.54. The van der Waals surface area contributed by atoms with Crippen LogP contribution in [-0.2, 0) is 26.1 Å². The van der Waals surface area contributed by atoms with Gasteiger partial charge in [-0.3, -0.25) is 9.00 Å². The Morgan fingerprint density at radius 1 is 1.24 bits per heavy atom. The van der Waals surface area contributed by atoms with Gasteiger partial charge in [-0.1, -0.05) is 29.3 Å². The number of hydrogen-bond acceptors (Lipinski definition) is 3. The van der Waals surface area contributed by atoms with Crippen molar-refractivity contribution < 1.29 is 13.7 Å². The second-order valence-electron chi connectivity index (χ2n) is 4.20. The maximum atomic E-state index is 11.8. The number of carbonyl (C=O) groups is 1. The lowest BCUT2D eigenvalue weighted by molar-refractivity contribution is -0.120. The largest absolute Gasteiger partial charge is 0.377 e. The van der Waals surface area contributed by atoms with Gasteiger partial charge in [0.15, 0.2) is 5.78 Å². The Kier molecular flexibility index (Phi) is 5.51. The van der Waals surface area contributed by atoms with Gasteiger partial charge in [-0.25, -0.2) is 0 Å². The number of ketones is 1. The van der Waals surface area contributed by atoms with Crippen LogP contribution < -0.4 is 0 Å². The van der Waals surface area contributed by atoms with Crippen LogP contribution in [0.1, 0.15) is 16.7 Å². The molecule has 3 nitrogen and oxygen atoms in total. The minimum atomic E-state index is -1.15. The average molecular weight is 254 g/mol. The lowest BCUT2D eigenvalue weighted by Gasteiger charge is -2.05. The number of carbonyl (C=O) groups excluding carboxylic acids is 1. The zero-order valence-electron chi connectivity index (χ0n) is 10.5. The normalized spacial score (nSPS) is 12.4. The molecule has 1 aromatic rings. The number of rotatable bonds is 6. The first-order chi connectivity index (χ1) is 8.01. The van der Waals surface area contributed by atoms with E-state index in [1.54, 1.807) is 0 Å². The summed E-state index contributed by atoms with van der Waals surface area (Å²) in [5.74, 6) is 0.383. The van der Waals surface area contributed by atoms with Crippen molar-refractivity contribution in [2.45, 2.75) is 19.6 Å². The molecule has 0 aliphatic rings. The molecule has 0 amide bonds. The van der Waals surface area contributed by atoms with Crippen molar-refractivity contribution in [1.82, 2.24) is 0 Å². The van der Waals surface area contributed by atoms with Crippen LogP contribution in [-0.4, -0.2) is 29.5 Å². The molecule has 0 saturated heterocycles. The highest BCUT2D eigenvalue weighted by molar-refractivity contribution is 7.84. The molecule has 0 aliphatic heterocycles. The molecule has 1 aromatic carbocycles. The van der Waals surface area contributed by atoms with Crippen molar-refractivity contribution in [1.29, 1.82) is 0 Å². The molecule has 1 rings (SSSR count).